The molecule has 0 fully saturated rings. The lowest BCUT2D eigenvalue weighted by Crippen LogP contribution is -2.16. The summed E-state index contributed by atoms with van der Waals surface area (Å²) in [7, 11) is 2.52. The van der Waals surface area contributed by atoms with Gasteiger partial charge in [0.05, 0.1) is 0 Å². The lowest BCUT2D eigenvalue weighted by molar-refractivity contribution is 0.461. The summed E-state index contributed by atoms with van der Waals surface area (Å²) in [6.07, 6.45) is 0. The number of nitrogen functional groups attached to an aromatic ring is 1. The Kier molecular flexibility index (Phi) is 2.55. The highest BCUT2D eigenvalue weighted by Crippen LogP contribution is 2.30. The van der Waals surface area contributed by atoms with Crippen LogP contribution in [0.4, 0.5) is 28.9 Å². The average Bonchev–Trinajstić information content (AvgIpc) is 2.11. The van der Waals surface area contributed by atoms with Gasteiger partial charge in [0, 0.05) is 14.1 Å². The largest absolute Gasteiger partial charge is 0.394 e. The smallest absolute Gasteiger partial charge is 0.187 e. The standard InChI is InChI=1S/C8H8F4N2/c1-14(2)8-5(11)3(9)7(13)4(10)6(8)12/h13H2,1-2H3. The van der Waals surface area contributed by atoms with Crippen molar-refractivity contribution in [1.82, 2.24) is 0 Å². The predicted octanol–water partition coefficient (Wildman–Crippen LogP) is 1.89. The molecule has 1 rings (SSSR count). The van der Waals surface area contributed by atoms with Crippen LogP contribution in [-0.4, -0.2) is 14.1 Å². The lowest BCUT2D eigenvalue weighted by atomic mass is 10.2. The van der Waals surface area contributed by atoms with Crippen molar-refractivity contribution in [3.05, 3.63) is 23.3 Å². The van der Waals surface area contributed by atoms with E-state index in [1.165, 1.54) is 14.1 Å². The van der Waals surface area contributed by atoms with Gasteiger partial charge in [0.2, 0.25) is 0 Å². The summed E-state index contributed by atoms with van der Waals surface area (Å²) in [6.45, 7) is 0. The minimum absolute atomic E-state index is 0.783. The van der Waals surface area contributed by atoms with E-state index in [0.717, 1.165) is 4.90 Å². The van der Waals surface area contributed by atoms with E-state index in [2.05, 4.69) is 0 Å². The van der Waals surface area contributed by atoms with Gasteiger partial charge >= 0.3 is 0 Å². The quantitative estimate of drug-likeness (QED) is 0.434. The van der Waals surface area contributed by atoms with Crippen molar-refractivity contribution in [1.29, 1.82) is 0 Å². The number of nitrogens with two attached hydrogens (primary N) is 1. The lowest BCUT2D eigenvalue weighted by Gasteiger charge is -2.16. The van der Waals surface area contributed by atoms with Gasteiger partial charge in [-0.15, -0.1) is 0 Å². The fourth-order valence-electron chi connectivity index (χ4n) is 1.03. The number of anilines is 2. The van der Waals surface area contributed by atoms with Crippen molar-refractivity contribution < 1.29 is 17.6 Å². The summed E-state index contributed by atoms with van der Waals surface area (Å²) in [4.78, 5) is 0.927. The summed E-state index contributed by atoms with van der Waals surface area (Å²) < 4.78 is 51.8. The molecule has 0 bridgehead atoms. The van der Waals surface area contributed by atoms with Gasteiger partial charge in [0.25, 0.3) is 0 Å². The third-order valence-electron chi connectivity index (χ3n) is 1.72. The molecular formula is C8H8F4N2. The summed E-state index contributed by atoms with van der Waals surface area (Å²) >= 11 is 0. The zero-order chi connectivity index (χ0) is 11.0. The molecule has 78 valence electrons. The molecule has 0 atom stereocenters. The van der Waals surface area contributed by atoms with Crippen LogP contribution in [0.3, 0.4) is 0 Å². The molecule has 1 aromatic carbocycles. The van der Waals surface area contributed by atoms with Crippen molar-refractivity contribution in [2.45, 2.75) is 0 Å². The van der Waals surface area contributed by atoms with Crippen molar-refractivity contribution in [3.63, 3.8) is 0 Å². The molecule has 14 heavy (non-hydrogen) atoms. The first-order valence-corrected chi connectivity index (χ1v) is 3.66. The minimum Gasteiger partial charge on any atom is -0.394 e. The van der Waals surface area contributed by atoms with Gasteiger partial charge in [0.15, 0.2) is 23.3 Å². The van der Waals surface area contributed by atoms with E-state index >= 15 is 0 Å². The van der Waals surface area contributed by atoms with Crippen molar-refractivity contribution in [2.75, 3.05) is 24.7 Å². The molecule has 2 N–H and O–H groups in total. The van der Waals surface area contributed by atoms with Gasteiger partial charge in [-0.2, -0.15) is 0 Å². The van der Waals surface area contributed by atoms with Crippen LogP contribution in [0.1, 0.15) is 0 Å². The van der Waals surface area contributed by atoms with E-state index in [9.17, 15) is 17.6 Å². The second-order valence-corrected chi connectivity index (χ2v) is 2.91. The van der Waals surface area contributed by atoms with Crippen LogP contribution in [-0.2, 0) is 0 Å². The molecule has 0 radical (unpaired) electrons. The van der Waals surface area contributed by atoms with Crippen LogP contribution in [0.5, 0.6) is 0 Å². The molecule has 0 spiro atoms. The molecule has 0 aliphatic rings. The molecular weight excluding hydrogens is 200 g/mol. The molecule has 0 aliphatic carbocycles. The number of rotatable bonds is 1. The Hall–Kier alpha value is -1.46. The third kappa shape index (κ3) is 1.36. The first-order chi connectivity index (χ1) is 6.37. The fraction of sp³-hybridized carbons (Fsp3) is 0.250. The van der Waals surface area contributed by atoms with Gasteiger partial charge in [0.1, 0.15) is 11.4 Å². The van der Waals surface area contributed by atoms with E-state index in [1.54, 1.807) is 0 Å². The van der Waals surface area contributed by atoms with E-state index < -0.39 is 34.6 Å². The molecule has 6 heteroatoms. The maximum atomic E-state index is 13.1. The first kappa shape index (κ1) is 10.6. The van der Waals surface area contributed by atoms with Crippen LogP contribution in [0.2, 0.25) is 0 Å². The number of hydrogen-bond donors (Lipinski definition) is 1. The number of halogens is 4. The SMILES string of the molecule is CN(C)c1c(F)c(F)c(N)c(F)c1F. The number of hydrogen-bond acceptors (Lipinski definition) is 2. The van der Waals surface area contributed by atoms with E-state index in [-0.39, 0.29) is 0 Å². The molecule has 1 aromatic rings. The second-order valence-electron chi connectivity index (χ2n) is 2.91. The molecule has 0 unspecified atom stereocenters. The average molecular weight is 208 g/mol. The highest BCUT2D eigenvalue weighted by atomic mass is 19.2. The van der Waals surface area contributed by atoms with Gasteiger partial charge in [-0.3, -0.25) is 0 Å². The highest BCUT2D eigenvalue weighted by Gasteiger charge is 2.24. The highest BCUT2D eigenvalue weighted by molar-refractivity contribution is 5.57. The first-order valence-electron chi connectivity index (χ1n) is 3.66. The van der Waals surface area contributed by atoms with Crippen LogP contribution >= 0.6 is 0 Å². The normalized spacial score (nSPS) is 10.4. The third-order valence-corrected chi connectivity index (χ3v) is 1.72. The Bertz CT molecular complexity index is 347. The molecule has 0 heterocycles. The second kappa shape index (κ2) is 3.36. The van der Waals surface area contributed by atoms with Crippen LogP contribution < -0.4 is 10.6 Å². The summed E-state index contributed by atoms with van der Waals surface area (Å²) in [5.74, 6) is -6.14. The van der Waals surface area contributed by atoms with Gasteiger partial charge in [-0.05, 0) is 0 Å². The zero-order valence-electron chi connectivity index (χ0n) is 7.54. The zero-order valence-corrected chi connectivity index (χ0v) is 7.54. The van der Waals surface area contributed by atoms with Crippen molar-refractivity contribution >= 4 is 11.4 Å². The summed E-state index contributed by atoms with van der Waals surface area (Å²) in [5, 5.41) is 0. The predicted molar refractivity (Wildman–Crippen MR) is 45.0 cm³/mol. The monoisotopic (exact) mass is 208 g/mol. The van der Waals surface area contributed by atoms with E-state index in [1.807, 2.05) is 0 Å². The van der Waals surface area contributed by atoms with Crippen LogP contribution in [0, 0.1) is 23.3 Å². The summed E-state index contributed by atoms with van der Waals surface area (Å²) in [5.41, 5.74) is 2.87. The number of nitrogens with zero attached hydrogens (tertiary/aromatic N) is 1. The molecule has 0 saturated heterocycles. The van der Waals surface area contributed by atoms with Crippen LogP contribution in [0.25, 0.3) is 0 Å². The Morgan fingerprint density at radius 2 is 1.21 bits per heavy atom. The molecule has 0 amide bonds. The molecule has 2 nitrogen and oxygen atoms in total. The Labute approximate surface area is 77.9 Å². The Morgan fingerprint density at radius 3 is 1.50 bits per heavy atom. The number of benzene rings is 1. The van der Waals surface area contributed by atoms with Crippen molar-refractivity contribution in [3.8, 4) is 0 Å². The minimum atomic E-state index is -1.58. The molecule has 0 saturated carbocycles. The Morgan fingerprint density at radius 1 is 0.857 bits per heavy atom. The van der Waals surface area contributed by atoms with E-state index in [4.69, 9.17) is 5.73 Å². The fourth-order valence-corrected chi connectivity index (χ4v) is 1.03. The molecule has 0 aliphatic heterocycles. The Balaban J connectivity index is 3.60. The van der Waals surface area contributed by atoms with Gasteiger partial charge < -0.3 is 10.6 Å². The molecule has 0 aromatic heterocycles. The maximum Gasteiger partial charge on any atom is 0.187 e. The van der Waals surface area contributed by atoms with Crippen molar-refractivity contribution in [2.24, 2.45) is 0 Å². The topological polar surface area (TPSA) is 29.3 Å². The van der Waals surface area contributed by atoms with Gasteiger partial charge in [-0.1, -0.05) is 0 Å². The maximum absolute atomic E-state index is 13.1. The summed E-state index contributed by atoms with van der Waals surface area (Å²) in [6, 6.07) is 0. The van der Waals surface area contributed by atoms with Gasteiger partial charge in [-0.25, -0.2) is 17.6 Å². The van der Waals surface area contributed by atoms with Crippen LogP contribution in [0.15, 0.2) is 0 Å². The van der Waals surface area contributed by atoms with E-state index in [0.29, 0.717) is 0 Å².